The van der Waals surface area contributed by atoms with Gasteiger partial charge in [-0.2, -0.15) is 4.98 Å². The molecule has 0 unspecified atom stereocenters. The molecule has 1 aliphatic heterocycles. The molecule has 1 fully saturated rings. The summed E-state index contributed by atoms with van der Waals surface area (Å²) in [5.41, 5.74) is 0.824. The first-order valence-corrected chi connectivity index (χ1v) is 12.1. The van der Waals surface area contributed by atoms with Gasteiger partial charge in [-0.3, -0.25) is 9.69 Å². The SMILES string of the molecule is CCOc1ccc(-c2noc(CCC(=O)N3CCN(CCS(C)(=O)=O)CC3)n2)cc1. The minimum Gasteiger partial charge on any atom is -0.494 e. The highest BCUT2D eigenvalue weighted by Crippen LogP contribution is 2.20. The maximum atomic E-state index is 12.5. The second-order valence-corrected chi connectivity index (χ2v) is 9.58. The van der Waals surface area contributed by atoms with E-state index in [0.29, 0.717) is 63.9 Å². The number of nitrogens with zero attached hydrogens (tertiary/aromatic N) is 4. The van der Waals surface area contributed by atoms with Crippen molar-refractivity contribution >= 4 is 15.7 Å². The molecule has 1 aromatic heterocycles. The van der Waals surface area contributed by atoms with Crippen molar-refractivity contribution < 1.29 is 22.5 Å². The van der Waals surface area contributed by atoms with Crippen LogP contribution in [-0.4, -0.2) is 85.6 Å². The van der Waals surface area contributed by atoms with E-state index in [1.807, 2.05) is 31.2 Å². The molecule has 0 bridgehead atoms. The Morgan fingerprint density at radius 3 is 2.50 bits per heavy atom. The predicted molar refractivity (Wildman–Crippen MR) is 112 cm³/mol. The Balaban J connectivity index is 1.44. The van der Waals surface area contributed by atoms with Crippen molar-refractivity contribution in [1.82, 2.24) is 19.9 Å². The van der Waals surface area contributed by atoms with E-state index in [2.05, 4.69) is 15.0 Å². The lowest BCUT2D eigenvalue weighted by atomic mass is 10.2. The van der Waals surface area contributed by atoms with Gasteiger partial charge < -0.3 is 14.2 Å². The molecule has 3 rings (SSSR count). The fourth-order valence-electron chi connectivity index (χ4n) is 3.23. The normalized spacial score (nSPS) is 15.3. The topological polar surface area (TPSA) is 106 Å². The number of carbonyl (C=O) groups excluding carboxylic acids is 1. The standard InChI is InChI=1S/C20H28N4O5S/c1-3-28-17-6-4-16(5-7-17)20-21-18(29-22-20)8-9-19(25)24-12-10-23(11-13-24)14-15-30(2,26)27/h4-7H,3,8-15H2,1-2H3. The molecule has 0 radical (unpaired) electrons. The van der Waals surface area contributed by atoms with Gasteiger partial charge in [0.15, 0.2) is 0 Å². The zero-order valence-electron chi connectivity index (χ0n) is 17.4. The molecule has 0 aliphatic carbocycles. The fourth-order valence-corrected chi connectivity index (χ4v) is 3.82. The van der Waals surface area contributed by atoms with Crippen molar-refractivity contribution in [3.63, 3.8) is 0 Å². The molecule has 1 aliphatic rings. The van der Waals surface area contributed by atoms with Gasteiger partial charge in [0, 0.05) is 57.4 Å². The summed E-state index contributed by atoms with van der Waals surface area (Å²) < 4.78 is 33.3. The van der Waals surface area contributed by atoms with Gasteiger partial charge in [0.2, 0.25) is 17.6 Å². The largest absolute Gasteiger partial charge is 0.494 e. The highest BCUT2D eigenvalue weighted by Gasteiger charge is 2.22. The molecule has 1 aromatic carbocycles. The minimum absolute atomic E-state index is 0.0404. The van der Waals surface area contributed by atoms with Crippen molar-refractivity contribution in [2.24, 2.45) is 0 Å². The van der Waals surface area contributed by atoms with Crippen LogP contribution in [0.3, 0.4) is 0 Å². The molecular weight excluding hydrogens is 408 g/mol. The van der Waals surface area contributed by atoms with Gasteiger partial charge in [-0.15, -0.1) is 0 Å². The fraction of sp³-hybridized carbons (Fsp3) is 0.550. The van der Waals surface area contributed by atoms with Crippen molar-refractivity contribution in [2.45, 2.75) is 19.8 Å². The minimum atomic E-state index is -2.97. The third kappa shape index (κ3) is 6.53. The molecule has 1 saturated heterocycles. The number of aromatic nitrogens is 2. The van der Waals surface area contributed by atoms with E-state index in [1.54, 1.807) is 4.90 Å². The first kappa shape index (κ1) is 22.2. The number of hydrogen-bond acceptors (Lipinski definition) is 8. The Hall–Kier alpha value is -2.46. The van der Waals surface area contributed by atoms with E-state index in [9.17, 15) is 13.2 Å². The van der Waals surface area contributed by atoms with Gasteiger partial charge in [-0.1, -0.05) is 5.16 Å². The molecule has 10 heteroatoms. The van der Waals surface area contributed by atoms with Crippen LogP contribution in [-0.2, 0) is 21.1 Å². The summed E-state index contributed by atoms with van der Waals surface area (Å²) in [6.45, 7) is 5.62. The molecule has 0 N–H and O–H groups in total. The number of amides is 1. The van der Waals surface area contributed by atoms with Crippen molar-refractivity contribution in [3.8, 4) is 17.1 Å². The third-order valence-electron chi connectivity index (χ3n) is 4.95. The van der Waals surface area contributed by atoms with Crippen LogP contribution < -0.4 is 4.74 Å². The van der Waals surface area contributed by atoms with E-state index in [-0.39, 0.29) is 11.7 Å². The predicted octanol–water partition coefficient (Wildman–Crippen LogP) is 1.26. The van der Waals surface area contributed by atoms with Gasteiger partial charge >= 0.3 is 0 Å². The Labute approximate surface area is 176 Å². The number of ether oxygens (including phenoxy) is 1. The number of hydrogen-bond donors (Lipinski definition) is 0. The summed E-state index contributed by atoms with van der Waals surface area (Å²) in [5.74, 6) is 1.89. The van der Waals surface area contributed by atoms with Crippen LogP contribution >= 0.6 is 0 Å². The van der Waals surface area contributed by atoms with Crippen LogP contribution in [0.1, 0.15) is 19.2 Å². The van der Waals surface area contributed by atoms with Crippen molar-refractivity contribution in [2.75, 3.05) is 51.3 Å². The van der Waals surface area contributed by atoms with Crippen LogP contribution in [0.15, 0.2) is 28.8 Å². The molecule has 0 atom stereocenters. The maximum absolute atomic E-state index is 12.5. The van der Waals surface area contributed by atoms with E-state index >= 15 is 0 Å². The number of rotatable bonds is 9. The average molecular weight is 437 g/mol. The second kappa shape index (κ2) is 10.0. The van der Waals surface area contributed by atoms with Gasteiger partial charge in [0.05, 0.1) is 12.4 Å². The van der Waals surface area contributed by atoms with E-state index in [4.69, 9.17) is 9.26 Å². The summed E-state index contributed by atoms with van der Waals surface area (Å²) in [6, 6.07) is 7.45. The van der Waals surface area contributed by atoms with Crippen molar-refractivity contribution in [1.29, 1.82) is 0 Å². The van der Waals surface area contributed by atoms with Gasteiger partial charge in [0.1, 0.15) is 15.6 Å². The van der Waals surface area contributed by atoms with Crippen LogP contribution in [0.4, 0.5) is 0 Å². The van der Waals surface area contributed by atoms with E-state index in [0.717, 1.165) is 11.3 Å². The van der Waals surface area contributed by atoms with Crippen LogP contribution in [0.5, 0.6) is 5.75 Å². The second-order valence-electron chi connectivity index (χ2n) is 7.32. The number of carbonyl (C=O) groups is 1. The summed E-state index contributed by atoms with van der Waals surface area (Å²) in [5, 5.41) is 4.00. The first-order chi connectivity index (χ1) is 14.3. The molecule has 9 nitrogen and oxygen atoms in total. The van der Waals surface area contributed by atoms with E-state index < -0.39 is 9.84 Å². The van der Waals surface area contributed by atoms with Gasteiger partial charge in [-0.05, 0) is 31.2 Å². The third-order valence-corrected chi connectivity index (χ3v) is 5.87. The zero-order chi connectivity index (χ0) is 21.6. The average Bonchev–Trinajstić information content (AvgIpc) is 3.20. The molecular formula is C20H28N4O5S. The zero-order valence-corrected chi connectivity index (χ0v) is 18.2. The highest BCUT2D eigenvalue weighted by molar-refractivity contribution is 7.90. The summed E-state index contributed by atoms with van der Waals surface area (Å²) >= 11 is 0. The lowest BCUT2D eigenvalue weighted by Gasteiger charge is -2.34. The highest BCUT2D eigenvalue weighted by atomic mass is 32.2. The lowest BCUT2D eigenvalue weighted by Crippen LogP contribution is -2.49. The Bertz CT molecular complexity index is 934. The smallest absolute Gasteiger partial charge is 0.227 e. The summed E-state index contributed by atoms with van der Waals surface area (Å²) in [6.07, 6.45) is 1.93. The quantitative estimate of drug-likeness (QED) is 0.578. The molecule has 2 aromatic rings. The summed E-state index contributed by atoms with van der Waals surface area (Å²) in [7, 11) is -2.97. The monoisotopic (exact) mass is 436 g/mol. The Morgan fingerprint density at radius 1 is 1.17 bits per heavy atom. The molecule has 30 heavy (non-hydrogen) atoms. The number of aryl methyl sites for hydroxylation is 1. The van der Waals surface area contributed by atoms with Crippen LogP contribution in [0.25, 0.3) is 11.4 Å². The molecule has 0 spiro atoms. The number of sulfone groups is 1. The first-order valence-electron chi connectivity index (χ1n) is 10.1. The Kier molecular flexibility index (Phi) is 7.43. The van der Waals surface area contributed by atoms with Gasteiger partial charge in [0.25, 0.3) is 0 Å². The van der Waals surface area contributed by atoms with Gasteiger partial charge in [-0.25, -0.2) is 8.42 Å². The number of piperazine rings is 1. The van der Waals surface area contributed by atoms with Crippen molar-refractivity contribution in [3.05, 3.63) is 30.2 Å². The lowest BCUT2D eigenvalue weighted by molar-refractivity contribution is -0.132. The molecule has 164 valence electrons. The molecule has 2 heterocycles. The van der Waals surface area contributed by atoms with E-state index in [1.165, 1.54) is 6.26 Å². The molecule has 1 amide bonds. The van der Waals surface area contributed by atoms with Crippen LogP contribution in [0, 0.1) is 0 Å². The number of benzene rings is 1. The maximum Gasteiger partial charge on any atom is 0.227 e. The Morgan fingerprint density at radius 2 is 1.87 bits per heavy atom. The summed E-state index contributed by atoms with van der Waals surface area (Å²) in [4.78, 5) is 20.7. The molecule has 0 saturated carbocycles. The van der Waals surface area contributed by atoms with Crippen LogP contribution in [0.2, 0.25) is 0 Å².